The van der Waals surface area contributed by atoms with Gasteiger partial charge < -0.3 is 29.7 Å². The van der Waals surface area contributed by atoms with Crippen LogP contribution in [0.25, 0.3) is 10.9 Å². The van der Waals surface area contributed by atoms with Crippen molar-refractivity contribution in [1.29, 1.82) is 0 Å². The van der Waals surface area contributed by atoms with Crippen molar-refractivity contribution in [2.75, 3.05) is 20.3 Å². The zero-order valence-corrected chi connectivity index (χ0v) is 35.4. The first-order valence-corrected chi connectivity index (χ1v) is 22.0. The zero-order chi connectivity index (χ0) is 42.5. The highest BCUT2D eigenvalue weighted by Crippen LogP contribution is 2.51. The predicted molar refractivity (Wildman–Crippen MR) is 216 cm³/mol. The van der Waals surface area contributed by atoms with E-state index in [-0.39, 0.29) is 43.6 Å². The van der Waals surface area contributed by atoms with Gasteiger partial charge in [-0.2, -0.15) is 0 Å². The van der Waals surface area contributed by atoms with E-state index in [0.29, 0.717) is 72.9 Å². The van der Waals surface area contributed by atoms with Crippen molar-refractivity contribution >= 4 is 44.7 Å². The fourth-order valence-corrected chi connectivity index (χ4v) is 9.55. The van der Waals surface area contributed by atoms with Crippen LogP contribution >= 0.6 is 0 Å². The second-order valence-electron chi connectivity index (χ2n) is 18.0. The molecule has 4 heterocycles. The van der Waals surface area contributed by atoms with Crippen molar-refractivity contribution in [3.8, 4) is 23.3 Å². The van der Waals surface area contributed by atoms with Crippen LogP contribution in [-0.4, -0.2) is 90.3 Å². The van der Waals surface area contributed by atoms with Gasteiger partial charge in [-0.15, -0.1) is 0 Å². The molecule has 0 radical (unpaired) electrons. The zero-order valence-electron chi connectivity index (χ0n) is 34.5. The molecule has 7 rings (SSSR count). The first-order valence-electron chi connectivity index (χ1n) is 20.5. The number of fused-ring (bicyclic) bond motifs is 5. The van der Waals surface area contributed by atoms with Crippen molar-refractivity contribution in [2.45, 2.75) is 133 Å². The Balaban J connectivity index is 1.28. The van der Waals surface area contributed by atoms with Gasteiger partial charge in [-0.3, -0.25) is 14.4 Å². The molecule has 59 heavy (non-hydrogen) atoms. The van der Waals surface area contributed by atoms with E-state index < -0.39 is 73.9 Å². The van der Waals surface area contributed by atoms with E-state index in [1.165, 1.54) is 12.0 Å². The van der Waals surface area contributed by atoms with E-state index in [4.69, 9.17) is 19.2 Å². The van der Waals surface area contributed by atoms with E-state index in [1.807, 2.05) is 33.8 Å². The molecule has 3 aliphatic heterocycles. The second-order valence-corrected chi connectivity index (χ2v) is 20.2. The molecular formula is C43H54FN5O9S. The molecule has 1 spiro atoms. The summed E-state index contributed by atoms with van der Waals surface area (Å²) in [6.45, 7) is 8.98. The highest BCUT2D eigenvalue weighted by atomic mass is 32.2. The van der Waals surface area contributed by atoms with Crippen LogP contribution in [0.2, 0.25) is 0 Å². The third kappa shape index (κ3) is 8.19. The smallest absolute Gasteiger partial charge is 0.407 e. The molecule has 1 aromatic carbocycles. The molecule has 0 bridgehead atoms. The molecule has 4 amide bonds. The van der Waals surface area contributed by atoms with Crippen LogP contribution in [0.1, 0.15) is 110 Å². The van der Waals surface area contributed by atoms with Gasteiger partial charge >= 0.3 is 6.09 Å². The van der Waals surface area contributed by atoms with Gasteiger partial charge in [0.05, 0.1) is 42.1 Å². The summed E-state index contributed by atoms with van der Waals surface area (Å²) in [5.41, 5.74) is -2.39. The van der Waals surface area contributed by atoms with E-state index >= 15 is 4.39 Å². The summed E-state index contributed by atoms with van der Waals surface area (Å²) < 4.78 is 62.4. The van der Waals surface area contributed by atoms with Gasteiger partial charge in [0.25, 0.3) is 5.91 Å². The Hall–Kier alpha value is -4.91. The molecule has 16 heteroatoms. The number of benzene rings is 1. The first-order chi connectivity index (χ1) is 27.8. The van der Waals surface area contributed by atoms with Crippen LogP contribution in [0.5, 0.6) is 11.5 Å². The van der Waals surface area contributed by atoms with E-state index in [2.05, 4.69) is 27.2 Å². The topological polar surface area (TPSA) is 182 Å². The minimum absolute atomic E-state index is 0.0879. The maximum Gasteiger partial charge on any atom is 0.407 e. The molecule has 0 unspecified atom stereocenters. The average molecular weight is 836 g/mol. The number of ether oxygens (including phenoxy) is 3. The Morgan fingerprint density at radius 2 is 1.92 bits per heavy atom. The summed E-state index contributed by atoms with van der Waals surface area (Å²) in [4.78, 5) is 63.0. The van der Waals surface area contributed by atoms with Crippen LogP contribution in [-0.2, 0) is 35.6 Å². The number of carbonyl (C=O) groups excluding carboxylic acids is 4. The van der Waals surface area contributed by atoms with E-state index in [0.717, 1.165) is 0 Å². The van der Waals surface area contributed by atoms with Crippen molar-refractivity contribution in [1.82, 2.24) is 25.2 Å². The number of nitrogens with one attached hydrogen (secondary N) is 3. The number of carbonyl (C=O) groups is 4. The molecule has 6 atom stereocenters. The molecule has 2 aliphatic carbocycles. The molecule has 2 fully saturated rings. The number of sulfonamides is 1. The molecule has 1 aromatic heterocycles. The number of amides is 4. The van der Waals surface area contributed by atoms with Crippen LogP contribution in [0.4, 0.5) is 9.18 Å². The number of aryl methyl sites for hydroxylation is 1. The number of alkyl halides is 1. The highest BCUT2D eigenvalue weighted by Gasteiger charge is 2.59. The molecule has 1 saturated carbocycles. The fourth-order valence-electron chi connectivity index (χ4n) is 8.26. The number of aromatic nitrogens is 1. The minimum Gasteiger partial charge on any atom is -0.497 e. The lowest BCUT2D eigenvalue weighted by atomic mass is 9.75. The third-order valence-electron chi connectivity index (χ3n) is 12.1. The first kappa shape index (κ1) is 42.2. The molecular weight excluding hydrogens is 782 g/mol. The standard InChI is InChI=1S/C43H54FN5O9S/c1-7-30-35-34(28-21-27(56-6)15-16-31(28)45-30)29(44)22-42(58-35)23-33-36(50)47-43(38(52)48-59(54,55)41(5)19-20-41)18-17-26(43)13-11-9-8-10-12-14-32(37(51)49(33)24-42)46-39(53)57-25-40(2,3)4/h11,13,15-16,21,26,29,32-33H,7-10,12,14,19-20,22-25H2,1-6H3,(H,46,53)(H,47,50)(H,48,52)/b13-11-/t26-,29-,32+,33+,42-,43-/m1/s1. The molecule has 5 aliphatic rings. The summed E-state index contributed by atoms with van der Waals surface area (Å²) in [6, 6.07) is 2.75. The van der Waals surface area contributed by atoms with Gasteiger partial charge in [-0.05, 0) is 69.1 Å². The molecule has 1 saturated heterocycles. The van der Waals surface area contributed by atoms with Crippen molar-refractivity contribution in [2.24, 2.45) is 11.3 Å². The van der Waals surface area contributed by atoms with Crippen molar-refractivity contribution in [3.63, 3.8) is 0 Å². The predicted octanol–water partition coefficient (Wildman–Crippen LogP) is 5.09. The Morgan fingerprint density at radius 3 is 2.58 bits per heavy atom. The monoisotopic (exact) mass is 835 g/mol. The highest BCUT2D eigenvalue weighted by molar-refractivity contribution is 7.91. The van der Waals surface area contributed by atoms with Crippen LogP contribution in [0.3, 0.4) is 0 Å². The van der Waals surface area contributed by atoms with E-state index in [1.54, 1.807) is 31.2 Å². The fraction of sp³-hybridized carbons (Fsp3) is 0.605. The van der Waals surface area contributed by atoms with Gasteiger partial charge in [-0.25, -0.2) is 27.3 Å². The molecule has 3 N–H and O–H groups in total. The number of nitrogens with zero attached hydrogens (tertiary/aromatic N) is 2. The average Bonchev–Trinajstić information content (AvgIpc) is 3.84. The lowest BCUT2D eigenvalue weighted by Gasteiger charge is -2.38. The summed E-state index contributed by atoms with van der Waals surface area (Å²) >= 11 is 0. The van der Waals surface area contributed by atoms with Crippen molar-refractivity contribution in [3.05, 3.63) is 41.6 Å². The maximum atomic E-state index is 17.0. The largest absolute Gasteiger partial charge is 0.497 e. The van der Waals surface area contributed by atoms with Gasteiger partial charge in [0.15, 0.2) is 5.54 Å². The Morgan fingerprint density at radius 1 is 1.15 bits per heavy atom. The number of allylic oxidation sites excluding steroid dienone is 1. The number of alkyl carbamates (subject to hydrolysis) is 1. The molecule has 2 aromatic rings. The van der Waals surface area contributed by atoms with Crippen LogP contribution < -0.4 is 24.8 Å². The summed E-state index contributed by atoms with van der Waals surface area (Å²) in [5, 5.41) is 6.02. The van der Waals surface area contributed by atoms with Crippen LogP contribution in [0.15, 0.2) is 30.4 Å². The number of pyridine rings is 1. The van der Waals surface area contributed by atoms with Gasteiger partial charge in [0.1, 0.15) is 35.4 Å². The lowest BCUT2D eigenvalue weighted by molar-refractivity contribution is -0.142. The minimum atomic E-state index is -4.12. The van der Waals surface area contributed by atoms with Gasteiger partial charge in [0, 0.05) is 23.8 Å². The number of halogens is 1. The van der Waals surface area contributed by atoms with Gasteiger partial charge in [0.2, 0.25) is 21.8 Å². The van der Waals surface area contributed by atoms with Crippen molar-refractivity contribution < 1.29 is 46.2 Å². The lowest BCUT2D eigenvalue weighted by Crippen LogP contribution is -2.68. The van der Waals surface area contributed by atoms with E-state index in [9.17, 15) is 27.6 Å². The quantitative estimate of drug-likeness (QED) is 0.251. The van der Waals surface area contributed by atoms with Gasteiger partial charge in [-0.1, -0.05) is 64.5 Å². The maximum absolute atomic E-state index is 17.0. The number of methoxy groups -OCH3 is 1. The number of rotatable bonds is 7. The molecule has 318 valence electrons. The Kier molecular flexibility index (Phi) is 11.2. The summed E-state index contributed by atoms with van der Waals surface area (Å²) in [6.07, 6.45) is 4.64. The normalized spacial score (nSPS) is 29.4. The molecule has 14 nitrogen and oxygen atoms in total. The third-order valence-corrected chi connectivity index (χ3v) is 14.2. The summed E-state index contributed by atoms with van der Waals surface area (Å²) in [5.74, 6) is 3.13. The summed E-state index contributed by atoms with van der Waals surface area (Å²) in [7, 11) is -2.61. The number of hydrogen-bond donors (Lipinski definition) is 3. The SMILES string of the molecule is CCc1nc2ccc(OC)cc2c2c1O[C@]1(C[C@H]2F)C[C@H]2C(=O)N[C@]3(C(=O)NS(=O)(=O)C4(C)CC4)C#C[C@H]3/C=C\CCCCC[C@H](NC(=O)OCC(C)(C)C)C(=O)N2C1. The Bertz CT molecular complexity index is 2260. The Labute approximate surface area is 344 Å². The van der Waals surface area contributed by atoms with Crippen LogP contribution in [0, 0.1) is 23.2 Å². The number of hydrogen-bond acceptors (Lipinski definition) is 10. The second kappa shape index (κ2) is 15.6.